The van der Waals surface area contributed by atoms with Gasteiger partial charge in [-0.2, -0.15) is 0 Å². The summed E-state index contributed by atoms with van der Waals surface area (Å²) < 4.78 is 4.82. The Morgan fingerprint density at radius 1 is 1.30 bits per heavy atom. The van der Waals surface area contributed by atoms with Gasteiger partial charge in [-0.1, -0.05) is 25.0 Å². The molecule has 0 aliphatic heterocycles. The van der Waals surface area contributed by atoms with Crippen LogP contribution in [0.5, 0.6) is 0 Å². The molecule has 2 atom stereocenters. The molecule has 7 heteroatoms. The Balaban J connectivity index is 2.03. The number of nitrogens with zero attached hydrogens (tertiary/aromatic N) is 1. The first-order chi connectivity index (χ1) is 11.0. The van der Waals surface area contributed by atoms with Crippen LogP contribution < -0.4 is 5.32 Å². The number of benzene rings is 1. The summed E-state index contributed by atoms with van der Waals surface area (Å²) in [5.74, 6) is -0.969. The van der Waals surface area contributed by atoms with Crippen LogP contribution in [0.15, 0.2) is 24.3 Å². The third-order valence-electron chi connectivity index (χ3n) is 4.28. The van der Waals surface area contributed by atoms with Gasteiger partial charge in [0.1, 0.15) is 5.56 Å². The number of nitro benzene ring substituents is 1. The van der Waals surface area contributed by atoms with Crippen LogP contribution in [0.1, 0.15) is 36.0 Å². The van der Waals surface area contributed by atoms with Crippen molar-refractivity contribution in [3.8, 4) is 0 Å². The van der Waals surface area contributed by atoms with Gasteiger partial charge in [0, 0.05) is 12.6 Å². The van der Waals surface area contributed by atoms with E-state index in [1.165, 1.54) is 25.3 Å². The average molecular weight is 320 g/mol. The molecule has 1 aliphatic rings. The number of esters is 1. The largest absolute Gasteiger partial charge is 0.469 e. The third kappa shape index (κ3) is 4.06. The van der Waals surface area contributed by atoms with Crippen LogP contribution in [0.4, 0.5) is 5.69 Å². The summed E-state index contributed by atoms with van der Waals surface area (Å²) in [6.45, 7) is 0.310. The van der Waals surface area contributed by atoms with Crippen LogP contribution >= 0.6 is 0 Å². The first-order valence-electron chi connectivity index (χ1n) is 7.64. The molecule has 2 unspecified atom stereocenters. The maximum atomic E-state index is 12.2. The predicted molar refractivity (Wildman–Crippen MR) is 82.9 cm³/mol. The van der Waals surface area contributed by atoms with E-state index in [9.17, 15) is 19.7 Å². The van der Waals surface area contributed by atoms with Crippen molar-refractivity contribution >= 4 is 17.6 Å². The summed E-state index contributed by atoms with van der Waals surface area (Å²) in [5.41, 5.74) is -0.193. The fourth-order valence-electron chi connectivity index (χ4n) is 3.06. The zero-order chi connectivity index (χ0) is 16.8. The van der Waals surface area contributed by atoms with E-state index in [-0.39, 0.29) is 29.1 Å². The van der Waals surface area contributed by atoms with Crippen molar-refractivity contribution in [2.45, 2.75) is 25.7 Å². The summed E-state index contributed by atoms with van der Waals surface area (Å²) in [4.78, 5) is 34.4. The highest BCUT2D eigenvalue weighted by Gasteiger charge is 2.32. The van der Waals surface area contributed by atoms with Crippen LogP contribution in [0.3, 0.4) is 0 Å². The highest BCUT2D eigenvalue weighted by Crippen LogP contribution is 2.30. The summed E-state index contributed by atoms with van der Waals surface area (Å²) in [6, 6.07) is 5.82. The van der Waals surface area contributed by atoms with Gasteiger partial charge in [0.2, 0.25) is 0 Å². The summed E-state index contributed by atoms with van der Waals surface area (Å²) in [6.07, 6.45) is 3.55. The highest BCUT2D eigenvalue weighted by atomic mass is 16.6. The van der Waals surface area contributed by atoms with E-state index in [1.54, 1.807) is 6.07 Å². The molecule has 1 amide bonds. The van der Waals surface area contributed by atoms with Gasteiger partial charge in [-0.25, -0.2) is 0 Å². The zero-order valence-electron chi connectivity index (χ0n) is 13.0. The molecular formula is C16H20N2O5. The molecule has 1 aromatic carbocycles. The minimum absolute atomic E-state index is 0.00270. The number of carbonyl (C=O) groups excluding carboxylic acids is 2. The van der Waals surface area contributed by atoms with Crippen molar-refractivity contribution in [1.82, 2.24) is 5.32 Å². The zero-order valence-corrected chi connectivity index (χ0v) is 13.0. The van der Waals surface area contributed by atoms with Gasteiger partial charge in [-0.05, 0) is 24.8 Å². The number of nitro groups is 1. The van der Waals surface area contributed by atoms with Crippen molar-refractivity contribution in [3.63, 3.8) is 0 Å². The monoisotopic (exact) mass is 320 g/mol. The van der Waals surface area contributed by atoms with Crippen molar-refractivity contribution in [2.75, 3.05) is 13.7 Å². The topological polar surface area (TPSA) is 98.5 Å². The van der Waals surface area contributed by atoms with Crippen LogP contribution in [0, 0.1) is 22.0 Å². The maximum absolute atomic E-state index is 12.2. The van der Waals surface area contributed by atoms with Gasteiger partial charge < -0.3 is 10.1 Å². The van der Waals surface area contributed by atoms with E-state index in [0.717, 1.165) is 25.7 Å². The second kappa shape index (κ2) is 7.71. The van der Waals surface area contributed by atoms with E-state index in [0.29, 0.717) is 6.54 Å². The Morgan fingerprint density at radius 2 is 2.00 bits per heavy atom. The van der Waals surface area contributed by atoms with Crippen LogP contribution in [0.2, 0.25) is 0 Å². The van der Waals surface area contributed by atoms with Gasteiger partial charge in [-0.3, -0.25) is 19.7 Å². The lowest BCUT2D eigenvalue weighted by molar-refractivity contribution is -0.385. The fourth-order valence-corrected chi connectivity index (χ4v) is 3.06. The Labute approximate surface area is 134 Å². The minimum atomic E-state index is -0.577. The third-order valence-corrected chi connectivity index (χ3v) is 4.28. The van der Waals surface area contributed by atoms with Gasteiger partial charge >= 0.3 is 5.97 Å². The Kier molecular flexibility index (Phi) is 5.67. The molecule has 7 nitrogen and oxygen atoms in total. The first-order valence-corrected chi connectivity index (χ1v) is 7.64. The van der Waals surface area contributed by atoms with Crippen molar-refractivity contribution < 1.29 is 19.2 Å². The number of methoxy groups -OCH3 is 1. The molecule has 0 aromatic heterocycles. The molecule has 0 heterocycles. The van der Waals surface area contributed by atoms with E-state index < -0.39 is 10.8 Å². The molecule has 0 spiro atoms. The molecule has 0 saturated heterocycles. The van der Waals surface area contributed by atoms with E-state index in [2.05, 4.69) is 5.32 Å². The van der Waals surface area contributed by atoms with Gasteiger partial charge in [0.15, 0.2) is 0 Å². The molecule has 0 radical (unpaired) electrons. The van der Waals surface area contributed by atoms with Crippen molar-refractivity contribution in [1.29, 1.82) is 0 Å². The Morgan fingerprint density at radius 3 is 2.70 bits per heavy atom. The number of hydrogen-bond donors (Lipinski definition) is 1. The molecule has 0 bridgehead atoms. The minimum Gasteiger partial charge on any atom is -0.469 e. The van der Waals surface area contributed by atoms with Crippen LogP contribution in [-0.2, 0) is 9.53 Å². The number of carbonyl (C=O) groups is 2. The fraction of sp³-hybridized carbons (Fsp3) is 0.500. The van der Waals surface area contributed by atoms with Crippen molar-refractivity contribution in [2.24, 2.45) is 11.8 Å². The number of para-hydroxylation sites is 1. The Bertz CT molecular complexity index is 602. The lowest BCUT2D eigenvalue weighted by Gasteiger charge is -2.29. The van der Waals surface area contributed by atoms with E-state index in [4.69, 9.17) is 4.74 Å². The number of ether oxygens (including phenoxy) is 1. The molecule has 124 valence electrons. The normalized spacial score (nSPS) is 20.6. The molecular weight excluding hydrogens is 300 g/mol. The van der Waals surface area contributed by atoms with E-state index >= 15 is 0 Å². The lowest BCUT2D eigenvalue weighted by atomic mass is 9.79. The molecule has 1 N–H and O–H groups in total. The Hall–Kier alpha value is -2.44. The van der Waals surface area contributed by atoms with E-state index in [1.807, 2.05) is 0 Å². The lowest BCUT2D eigenvalue weighted by Crippen LogP contribution is -2.37. The summed E-state index contributed by atoms with van der Waals surface area (Å²) in [5, 5.41) is 13.7. The number of nitrogens with one attached hydrogen (secondary N) is 1. The van der Waals surface area contributed by atoms with Crippen LogP contribution in [-0.4, -0.2) is 30.5 Å². The summed E-state index contributed by atoms with van der Waals surface area (Å²) >= 11 is 0. The average Bonchev–Trinajstić information content (AvgIpc) is 2.59. The molecule has 1 aromatic rings. The molecule has 23 heavy (non-hydrogen) atoms. The number of amides is 1. The first kappa shape index (κ1) is 16.9. The molecule has 2 rings (SSSR count). The van der Waals surface area contributed by atoms with Gasteiger partial charge in [0.25, 0.3) is 11.6 Å². The number of hydrogen-bond acceptors (Lipinski definition) is 5. The molecule has 1 fully saturated rings. The highest BCUT2D eigenvalue weighted by molar-refractivity contribution is 5.98. The smallest absolute Gasteiger partial charge is 0.309 e. The van der Waals surface area contributed by atoms with Gasteiger partial charge in [-0.15, -0.1) is 0 Å². The van der Waals surface area contributed by atoms with Gasteiger partial charge in [0.05, 0.1) is 18.0 Å². The standard InChI is InChI=1S/C16H20N2O5/c1-23-16(20)12-7-3-2-6-11(12)10-17-15(19)13-8-4-5-9-14(13)18(21)22/h4-5,8-9,11-12H,2-3,6-7,10H2,1H3,(H,17,19). The van der Waals surface area contributed by atoms with Crippen LogP contribution in [0.25, 0.3) is 0 Å². The number of rotatable bonds is 5. The molecule has 1 saturated carbocycles. The SMILES string of the molecule is COC(=O)C1CCCCC1CNC(=O)c1ccccc1[N+](=O)[O-]. The quantitative estimate of drug-likeness (QED) is 0.510. The predicted octanol–water partition coefficient (Wildman–Crippen LogP) is 2.30. The summed E-state index contributed by atoms with van der Waals surface area (Å²) in [7, 11) is 1.36. The second-order valence-electron chi connectivity index (χ2n) is 5.66. The molecule has 1 aliphatic carbocycles. The van der Waals surface area contributed by atoms with Crippen molar-refractivity contribution in [3.05, 3.63) is 39.9 Å². The second-order valence-corrected chi connectivity index (χ2v) is 5.66. The maximum Gasteiger partial charge on any atom is 0.309 e.